The highest BCUT2D eigenvalue weighted by molar-refractivity contribution is 7.17. The molecule has 2 N–H and O–H groups in total. The molecule has 0 atom stereocenters. The van der Waals surface area contributed by atoms with Crippen molar-refractivity contribution in [3.05, 3.63) is 57.7 Å². The predicted octanol–water partition coefficient (Wildman–Crippen LogP) is 1.71. The summed E-state index contributed by atoms with van der Waals surface area (Å²) in [6.45, 7) is 1.34. The Morgan fingerprint density at radius 1 is 1.30 bits per heavy atom. The molecule has 5 nitrogen and oxygen atoms in total. The van der Waals surface area contributed by atoms with Crippen molar-refractivity contribution in [3.63, 3.8) is 0 Å². The maximum Gasteiger partial charge on any atom is 0.268 e. The van der Waals surface area contributed by atoms with E-state index in [1.807, 2.05) is 29.6 Å². The SMILES string of the molecule is O=c1[nH]c(CNCCc2ccccn2)nc2ccsc12. The lowest BCUT2D eigenvalue weighted by Crippen LogP contribution is -2.21. The van der Waals surface area contributed by atoms with Gasteiger partial charge in [0.25, 0.3) is 5.56 Å². The van der Waals surface area contributed by atoms with Crippen molar-refractivity contribution < 1.29 is 0 Å². The molecule has 0 saturated heterocycles. The van der Waals surface area contributed by atoms with Crippen LogP contribution >= 0.6 is 11.3 Å². The fourth-order valence-electron chi connectivity index (χ4n) is 1.97. The number of aromatic nitrogens is 3. The molecule has 0 bridgehead atoms. The number of H-pyrrole nitrogens is 1. The first kappa shape index (κ1) is 13.0. The summed E-state index contributed by atoms with van der Waals surface area (Å²) >= 11 is 1.41. The van der Waals surface area contributed by atoms with Crippen LogP contribution in [0.4, 0.5) is 0 Å². The van der Waals surface area contributed by atoms with Gasteiger partial charge in [0.15, 0.2) is 0 Å². The Labute approximate surface area is 119 Å². The Morgan fingerprint density at radius 2 is 2.25 bits per heavy atom. The van der Waals surface area contributed by atoms with E-state index in [4.69, 9.17) is 0 Å². The Bertz CT molecular complexity index is 750. The van der Waals surface area contributed by atoms with Gasteiger partial charge in [0.2, 0.25) is 0 Å². The third kappa shape index (κ3) is 2.92. The molecule has 0 fully saturated rings. The largest absolute Gasteiger partial charge is 0.310 e. The molecule has 0 radical (unpaired) electrons. The van der Waals surface area contributed by atoms with E-state index in [9.17, 15) is 4.79 Å². The third-order valence-electron chi connectivity index (χ3n) is 2.94. The van der Waals surface area contributed by atoms with Crippen molar-refractivity contribution in [2.45, 2.75) is 13.0 Å². The second-order valence-corrected chi connectivity index (χ2v) is 5.31. The van der Waals surface area contributed by atoms with Crippen molar-refractivity contribution in [2.75, 3.05) is 6.54 Å². The van der Waals surface area contributed by atoms with Gasteiger partial charge in [0.05, 0.1) is 12.1 Å². The van der Waals surface area contributed by atoms with Crippen molar-refractivity contribution >= 4 is 21.6 Å². The Kier molecular flexibility index (Phi) is 3.85. The van der Waals surface area contributed by atoms with E-state index in [2.05, 4.69) is 20.3 Å². The van der Waals surface area contributed by atoms with Crippen LogP contribution in [0.1, 0.15) is 11.5 Å². The number of nitrogens with zero attached hydrogens (tertiary/aromatic N) is 2. The number of hydrogen-bond acceptors (Lipinski definition) is 5. The van der Waals surface area contributed by atoms with E-state index in [1.165, 1.54) is 11.3 Å². The normalized spacial score (nSPS) is 11.0. The third-order valence-corrected chi connectivity index (χ3v) is 3.84. The summed E-state index contributed by atoms with van der Waals surface area (Å²) in [5.74, 6) is 0.668. The molecule has 6 heteroatoms. The zero-order valence-electron chi connectivity index (χ0n) is 10.8. The number of pyridine rings is 1. The van der Waals surface area contributed by atoms with Crippen LogP contribution in [-0.2, 0) is 13.0 Å². The molecular weight excluding hydrogens is 272 g/mol. The van der Waals surface area contributed by atoms with E-state index in [0.29, 0.717) is 17.1 Å². The van der Waals surface area contributed by atoms with Gasteiger partial charge in [0.1, 0.15) is 10.5 Å². The smallest absolute Gasteiger partial charge is 0.268 e. The van der Waals surface area contributed by atoms with Gasteiger partial charge in [0, 0.05) is 24.9 Å². The molecule has 3 heterocycles. The molecule has 0 amide bonds. The molecular formula is C14H14N4OS. The highest BCUT2D eigenvalue weighted by Gasteiger charge is 2.04. The van der Waals surface area contributed by atoms with E-state index >= 15 is 0 Å². The standard InChI is InChI=1S/C14H14N4OS/c19-14-13-11(5-8-20-13)17-12(18-14)9-15-7-4-10-3-1-2-6-16-10/h1-3,5-6,8,15H,4,7,9H2,(H,17,18,19). The number of thiophene rings is 1. The van der Waals surface area contributed by atoms with Gasteiger partial charge in [-0.2, -0.15) is 0 Å². The number of aromatic amines is 1. The fourth-order valence-corrected chi connectivity index (χ4v) is 2.70. The summed E-state index contributed by atoms with van der Waals surface area (Å²) in [6, 6.07) is 7.75. The average molecular weight is 286 g/mol. The molecule has 20 heavy (non-hydrogen) atoms. The number of fused-ring (bicyclic) bond motifs is 1. The second kappa shape index (κ2) is 5.94. The molecule has 0 saturated carbocycles. The molecule has 102 valence electrons. The summed E-state index contributed by atoms with van der Waals surface area (Å²) < 4.78 is 0.683. The summed E-state index contributed by atoms with van der Waals surface area (Å²) in [6.07, 6.45) is 2.64. The van der Waals surface area contributed by atoms with Crippen LogP contribution in [0, 0.1) is 0 Å². The highest BCUT2D eigenvalue weighted by Crippen LogP contribution is 2.13. The van der Waals surface area contributed by atoms with Gasteiger partial charge in [-0.1, -0.05) is 6.07 Å². The van der Waals surface area contributed by atoms with Gasteiger partial charge >= 0.3 is 0 Å². The van der Waals surface area contributed by atoms with Gasteiger partial charge in [-0.25, -0.2) is 4.98 Å². The molecule has 0 aliphatic carbocycles. The number of nitrogens with one attached hydrogen (secondary N) is 2. The fraction of sp³-hybridized carbons (Fsp3) is 0.214. The first-order valence-corrected chi connectivity index (χ1v) is 7.28. The van der Waals surface area contributed by atoms with Gasteiger partial charge < -0.3 is 10.3 Å². The number of hydrogen-bond donors (Lipinski definition) is 2. The highest BCUT2D eigenvalue weighted by atomic mass is 32.1. The van der Waals surface area contributed by atoms with Gasteiger partial charge in [-0.3, -0.25) is 9.78 Å². The first-order chi connectivity index (χ1) is 9.83. The zero-order chi connectivity index (χ0) is 13.8. The van der Waals surface area contributed by atoms with Crippen LogP contribution in [0.25, 0.3) is 10.2 Å². The van der Waals surface area contributed by atoms with Crippen LogP contribution in [0.5, 0.6) is 0 Å². The van der Waals surface area contributed by atoms with Crippen molar-refractivity contribution in [3.8, 4) is 0 Å². The second-order valence-electron chi connectivity index (χ2n) is 4.40. The lowest BCUT2D eigenvalue weighted by Gasteiger charge is -2.04. The van der Waals surface area contributed by atoms with Crippen LogP contribution in [0.2, 0.25) is 0 Å². The Morgan fingerprint density at radius 3 is 3.10 bits per heavy atom. The van der Waals surface area contributed by atoms with Crippen molar-refractivity contribution in [1.82, 2.24) is 20.3 Å². The lowest BCUT2D eigenvalue weighted by atomic mass is 10.3. The molecule has 0 aliphatic rings. The Balaban J connectivity index is 1.58. The van der Waals surface area contributed by atoms with E-state index in [0.717, 1.165) is 24.2 Å². The molecule has 0 aromatic carbocycles. The van der Waals surface area contributed by atoms with Crippen LogP contribution in [0.3, 0.4) is 0 Å². The molecule has 3 rings (SSSR count). The lowest BCUT2D eigenvalue weighted by molar-refractivity contribution is 0.655. The molecule has 3 aromatic heterocycles. The minimum absolute atomic E-state index is 0.0634. The summed E-state index contributed by atoms with van der Waals surface area (Å²) in [7, 11) is 0. The minimum atomic E-state index is -0.0634. The first-order valence-electron chi connectivity index (χ1n) is 6.40. The van der Waals surface area contributed by atoms with Gasteiger partial charge in [-0.05, 0) is 23.6 Å². The predicted molar refractivity (Wildman–Crippen MR) is 79.9 cm³/mol. The average Bonchev–Trinajstić information content (AvgIpc) is 2.94. The number of rotatable bonds is 5. The van der Waals surface area contributed by atoms with Crippen LogP contribution in [0.15, 0.2) is 40.6 Å². The summed E-state index contributed by atoms with van der Waals surface area (Å²) in [4.78, 5) is 23.3. The maximum absolute atomic E-state index is 11.8. The Hall–Kier alpha value is -2.05. The molecule has 0 spiro atoms. The molecule has 0 aliphatic heterocycles. The zero-order valence-corrected chi connectivity index (χ0v) is 11.6. The summed E-state index contributed by atoms with van der Waals surface area (Å²) in [5, 5.41) is 5.15. The van der Waals surface area contributed by atoms with E-state index < -0.39 is 0 Å². The molecule has 0 unspecified atom stereocenters. The van der Waals surface area contributed by atoms with E-state index in [-0.39, 0.29) is 5.56 Å². The molecule has 3 aromatic rings. The van der Waals surface area contributed by atoms with Crippen molar-refractivity contribution in [2.24, 2.45) is 0 Å². The minimum Gasteiger partial charge on any atom is -0.310 e. The topological polar surface area (TPSA) is 70.7 Å². The monoisotopic (exact) mass is 286 g/mol. The van der Waals surface area contributed by atoms with Crippen LogP contribution < -0.4 is 10.9 Å². The summed E-state index contributed by atoms with van der Waals surface area (Å²) in [5.41, 5.74) is 1.75. The van der Waals surface area contributed by atoms with Crippen molar-refractivity contribution in [1.29, 1.82) is 0 Å². The van der Waals surface area contributed by atoms with Gasteiger partial charge in [-0.15, -0.1) is 11.3 Å². The van der Waals surface area contributed by atoms with E-state index in [1.54, 1.807) is 6.20 Å². The van der Waals surface area contributed by atoms with Crippen LogP contribution in [-0.4, -0.2) is 21.5 Å². The maximum atomic E-state index is 11.8. The quantitative estimate of drug-likeness (QED) is 0.701.